The van der Waals surface area contributed by atoms with E-state index in [1.165, 1.54) is 18.2 Å². The maximum Gasteiger partial charge on any atom is 0.431 e. The number of fused-ring (bicyclic) bond motifs is 1. The summed E-state index contributed by atoms with van der Waals surface area (Å²) >= 11 is 0. The number of phenols is 1. The van der Waals surface area contributed by atoms with Crippen LogP contribution in [0.1, 0.15) is 17.0 Å². The number of phenolic OH excluding ortho intramolecular Hbond substituents is 1. The lowest BCUT2D eigenvalue weighted by molar-refractivity contribution is -0.141. The topological polar surface area (TPSA) is 66.0 Å². The molecule has 0 radical (unpaired) electrons. The Bertz CT molecular complexity index is 991. The predicted molar refractivity (Wildman–Crippen MR) is 84.4 cm³/mol. The van der Waals surface area contributed by atoms with Gasteiger partial charge in [-0.25, -0.2) is 4.79 Å². The lowest BCUT2D eigenvalue weighted by Gasteiger charge is -2.07. The number of alkyl halides is 3. The van der Waals surface area contributed by atoms with Crippen LogP contribution in [-0.4, -0.2) is 15.1 Å². The molecule has 0 bridgehead atoms. The highest BCUT2D eigenvalue weighted by atomic mass is 19.4. The van der Waals surface area contributed by atoms with Crippen LogP contribution in [0.3, 0.4) is 0 Å². The minimum atomic E-state index is -4.67. The van der Waals surface area contributed by atoms with E-state index in [0.717, 1.165) is 16.8 Å². The van der Waals surface area contributed by atoms with Crippen LogP contribution in [-0.2, 0) is 6.18 Å². The first-order valence-corrected chi connectivity index (χ1v) is 6.92. The van der Waals surface area contributed by atoms with E-state index >= 15 is 0 Å². The summed E-state index contributed by atoms with van der Waals surface area (Å²) in [4.78, 5) is 16.4. The first kappa shape index (κ1) is 15.8. The first-order valence-electron chi connectivity index (χ1n) is 6.92. The largest absolute Gasteiger partial charge is 0.507 e. The standard InChI is InChI=1S/C17H11F3N2O2/c18-17(19,20)15-9-11(21-16(24)22-15)6-7-13-12-4-2-1-3-10(12)5-8-14(13)23/h1-9,23H,(H,21,22,24). The highest BCUT2D eigenvalue weighted by Crippen LogP contribution is 2.30. The van der Waals surface area contributed by atoms with Crippen LogP contribution in [0.4, 0.5) is 13.2 Å². The van der Waals surface area contributed by atoms with Crippen LogP contribution in [0.5, 0.6) is 5.75 Å². The Hall–Kier alpha value is -3.09. The van der Waals surface area contributed by atoms with Gasteiger partial charge in [0.15, 0.2) is 0 Å². The molecule has 3 aromatic rings. The Morgan fingerprint density at radius 3 is 2.58 bits per heavy atom. The molecule has 0 aliphatic rings. The van der Waals surface area contributed by atoms with Crippen LogP contribution in [0.2, 0.25) is 0 Å². The highest BCUT2D eigenvalue weighted by Gasteiger charge is 2.32. The minimum Gasteiger partial charge on any atom is -0.507 e. The van der Waals surface area contributed by atoms with Gasteiger partial charge in [-0.05, 0) is 35.1 Å². The molecule has 0 saturated heterocycles. The summed E-state index contributed by atoms with van der Waals surface area (Å²) < 4.78 is 38.2. The van der Waals surface area contributed by atoms with Crippen molar-refractivity contribution in [3.63, 3.8) is 0 Å². The molecule has 2 aromatic carbocycles. The van der Waals surface area contributed by atoms with Crippen molar-refractivity contribution < 1.29 is 18.3 Å². The van der Waals surface area contributed by atoms with E-state index in [1.807, 2.05) is 12.1 Å². The molecule has 24 heavy (non-hydrogen) atoms. The molecule has 4 nitrogen and oxygen atoms in total. The van der Waals surface area contributed by atoms with Crippen molar-refractivity contribution in [2.24, 2.45) is 0 Å². The number of aromatic nitrogens is 2. The van der Waals surface area contributed by atoms with Gasteiger partial charge < -0.3 is 10.1 Å². The molecule has 0 aliphatic heterocycles. The molecule has 0 spiro atoms. The summed E-state index contributed by atoms with van der Waals surface area (Å²) in [6.07, 6.45) is -1.99. The van der Waals surface area contributed by atoms with Crippen molar-refractivity contribution in [2.45, 2.75) is 6.18 Å². The van der Waals surface area contributed by atoms with Crippen LogP contribution in [0.25, 0.3) is 22.9 Å². The smallest absolute Gasteiger partial charge is 0.431 e. The Morgan fingerprint density at radius 1 is 1.08 bits per heavy atom. The van der Waals surface area contributed by atoms with Gasteiger partial charge in [0.25, 0.3) is 0 Å². The number of rotatable bonds is 2. The van der Waals surface area contributed by atoms with Gasteiger partial charge in [-0.15, -0.1) is 0 Å². The maximum atomic E-state index is 12.7. The molecule has 0 amide bonds. The summed E-state index contributed by atoms with van der Waals surface area (Å²) in [5.41, 5.74) is -1.99. The van der Waals surface area contributed by atoms with Gasteiger partial charge in [0.1, 0.15) is 11.4 Å². The Morgan fingerprint density at radius 2 is 1.83 bits per heavy atom. The second-order valence-electron chi connectivity index (χ2n) is 5.08. The van der Waals surface area contributed by atoms with E-state index in [2.05, 4.69) is 4.98 Å². The Labute approximate surface area is 133 Å². The fourth-order valence-corrected chi connectivity index (χ4v) is 2.34. The van der Waals surface area contributed by atoms with Crippen molar-refractivity contribution in [3.8, 4) is 5.75 Å². The summed E-state index contributed by atoms with van der Waals surface area (Å²) in [7, 11) is 0. The number of H-pyrrole nitrogens is 1. The van der Waals surface area contributed by atoms with Gasteiger partial charge in [-0.1, -0.05) is 30.3 Å². The molecule has 0 atom stereocenters. The Kier molecular flexibility index (Phi) is 3.84. The van der Waals surface area contributed by atoms with E-state index in [1.54, 1.807) is 23.2 Å². The van der Waals surface area contributed by atoms with Crippen molar-refractivity contribution in [1.82, 2.24) is 9.97 Å². The summed E-state index contributed by atoms with van der Waals surface area (Å²) in [5.74, 6) is -0.0224. The van der Waals surface area contributed by atoms with Gasteiger partial charge >= 0.3 is 11.9 Å². The second-order valence-corrected chi connectivity index (χ2v) is 5.08. The van der Waals surface area contributed by atoms with Gasteiger partial charge in [-0.2, -0.15) is 18.2 Å². The molecule has 0 fully saturated rings. The van der Waals surface area contributed by atoms with E-state index in [9.17, 15) is 23.1 Å². The zero-order valence-electron chi connectivity index (χ0n) is 12.1. The average Bonchev–Trinajstić information content (AvgIpc) is 2.52. The number of nitrogens with zero attached hydrogens (tertiary/aromatic N) is 1. The molecule has 1 aromatic heterocycles. The molecule has 122 valence electrons. The van der Waals surface area contributed by atoms with Crippen LogP contribution >= 0.6 is 0 Å². The van der Waals surface area contributed by atoms with E-state index < -0.39 is 17.6 Å². The third-order valence-electron chi connectivity index (χ3n) is 3.44. The van der Waals surface area contributed by atoms with Crippen LogP contribution in [0, 0.1) is 0 Å². The van der Waals surface area contributed by atoms with Crippen molar-refractivity contribution in [3.05, 3.63) is 69.9 Å². The van der Waals surface area contributed by atoms with Gasteiger partial charge in [0.05, 0.1) is 5.69 Å². The zero-order valence-corrected chi connectivity index (χ0v) is 12.1. The van der Waals surface area contributed by atoms with Crippen molar-refractivity contribution in [2.75, 3.05) is 0 Å². The molecule has 7 heteroatoms. The van der Waals surface area contributed by atoms with E-state index in [4.69, 9.17) is 0 Å². The van der Waals surface area contributed by atoms with E-state index in [-0.39, 0.29) is 11.4 Å². The fourth-order valence-electron chi connectivity index (χ4n) is 2.34. The third-order valence-corrected chi connectivity index (χ3v) is 3.44. The molecular weight excluding hydrogens is 321 g/mol. The SMILES string of the molecule is O=c1nc(C=Cc2c(O)ccc3ccccc23)cc(C(F)(F)F)[nH]1. The first-order chi connectivity index (χ1) is 11.3. The minimum absolute atomic E-state index is 0.0224. The molecule has 0 unspecified atom stereocenters. The van der Waals surface area contributed by atoms with Gasteiger partial charge in [0, 0.05) is 5.56 Å². The lowest BCUT2D eigenvalue weighted by atomic mass is 10.0. The zero-order chi connectivity index (χ0) is 17.3. The normalized spacial score (nSPS) is 12.1. The molecule has 0 aliphatic carbocycles. The number of benzene rings is 2. The second kappa shape index (κ2) is 5.84. The molecule has 2 N–H and O–H groups in total. The van der Waals surface area contributed by atoms with Crippen molar-refractivity contribution >= 4 is 22.9 Å². The number of hydrogen-bond acceptors (Lipinski definition) is 3. The molecule has 3 rings (SSSR count). The summed E-state index contributed by atoms with van der Waals surface area (Å²) in [6.45, 7) is 0. The monoisotopic (exact) mass is 332 g/mol. The third kappa shape index (κ3) is 3.15. The molecule has 1 heterocycles. The quantitative estimate of drug-likeness (QED) is 0.750. The molecule has 0 saturated carbocycles. The van der Waals surface area contributed by atoms with Gasteiger partial charge in [0.2, 0.25) is 0 Å². The number of hydrogen-bond donors (Lipinski definition) is 2. The fraction of sp³-hybridized carbons (Fsp3) is 0.0588. The van der Waals surface area contributed by atoms with Gasteiger partial charge in [-0.3, -0.25) is 0 Å². The van der Waals surface area contributed by atoms with Crippen LogP contribution in [0.15, 0.2) is 47.3 Å². The van der Waals surface area contributed by atoms with Crippen molar-refractivity contribution in [1.29, 1.82) is 0 Å². The number of halogens is 3. The average molecular weight is 332 g/mol. The number of aromatic hydroxyl groups is 1. The number of aromatic amines is 1. The summed E-state index contributed by atoms with van der Waals surface area (Å²) in [5, 5.41) is 11.6. The highest BCUT2D eigenvalue weighted by molar-refractivity contribution is 5.95. The summed E-state index contributed by atoms with van der Waals surface area (Å²) in [6, 6.07) is 11.2. The van der Waals surface area contributed by atoms with Crippen LogP contribution < -0.4 is 5.69 Å². The Balaban J connectivity index is 2.08. The maximum absolute atomic E-state index is 12.7. The predicted octanol–water partition coefficient (Wildman–Crippen LogP) is 3.82. The van der Waals surface area contributed by atoms with E-state index in [0.29, 0.717) is 5.56 Å². The molecular formula is C17H11F3N2O2. The lowest BCUT2D eigenvalue weighted by Crippen LogP contribution is -2.19. The number of nitrogens with one attached hydrogen (secondary N) is 1.